The van der Waals surface area contributed by atoms with Crippen molar-refractivity contribution >= 4 is 22.9 Å². The molecule has 3 aromatic heterocycles. The molecule has 1 amide bonds. The number of hydrogen-bond acceptors (Lipinski definition) is 5. The Morgan fingerprint density at radius 2 is 1.94 bits per heavy atom. The third-order valence-electron chi connectivity index (χ3n) is 7.41. The van der Waals surface area contributed by atoms with Crippen LogP contribution in [0.2, 0.25) is 0 Å². The summed E-state index contributed by atoms with van der Waals surface area (Å²) in [7, 11) is 0. The smallest absolute Gasteiger partial charge is 0.227 e. The minimum Gasteiger partial charge on any atom is -0.356 e. The predicted molar refractivity (Wildman–Crippen MR) is 118 cm³/mol. The van der Waals surface area contributed by atoms with E-state index in [1.54, 1.807) is 0 Å². The normalized spacial score (nSPS) is 23.3. The number of nitrogens with one attached hydrogen (secondary N) is 1. The summed E-state index contributed by atoms with van der Waals surface area (Å²) in [6.07, 6.45) is 11.4. The summed E-state index contributed by atoms with van der Waals surface area (Å²) in [4.78, 5) is 30.5. The van der Waals surface area contributed by atoms with Gasteiger partial charge in [0, 0.05) is 38.6 Å². The van der Waals surface area contributed by atoms with Crippen molar-refractivity contribution in [2.75, 3.05) is 31.1 Å². The van der Waals surface area contributed by atoms with E-state index in [9.17, 15) is 4.79 Å². The van der Waals surface area contributed by atoms with E-state index in [1.807, 2.05) is 23.1 Å². The summed E-state index contributed by atoms with van der Waals surface area (Å²) in [6, 6.07) is 6.11. The van der Waals surface area contributed by atoms with E-state index in [-0.39, 0.29) is 11.5 Å². The third kappa shape index (κ3) is 3.11. The molecule has 162 valence electrons. The molecule has 0 aromatic carbocycles. The number of anilines is 1. The number of fused-ring (bicyclic) bond motifs is 1. The minimum atomic E-state index is -0.178. The maximum atomic E-state index is 12.9. The Balaban J connectivity index is 1.25. The Hall–Kier alpha value is -2.90. The summed E-state index contributed by atoms with van der Waals surface area (Å²) in [5.74, 6) is 2.28. The zero-order valence-electron chi connectivity index (χ0n) is 17.8. The lowest BCUT2D eigenvalue weighted by atomic mass is 9.76. The summed E-state index contributed by atoms with van der Waals surface area (Å²) in [5.41, 5.74) is 1.53. The molecule has 0 radical (unpaired) electrons. The fourth-order valence-corrected chi connectivity index (χ4v) is 5.47. The molecule has 6 rings (SSSR count). The molecule has 0 bridgehead atoms. The third-order valence-corrected chi connectivity index (χ3v) is 7.41. The summed E-state index contributed by atoms with van der Waals surface area (Å²) in [6.45, 7) is 3.54. The fourth-order valence-electron chi connectivity index (χ4n) is 5.47. The van der Waals surface area contributed by atoms with Crippen LogP contribution in [0.25, 0.3) is 11.2 Å². The molecular formula is C23H29N7O. The zero-order chi connectivity index (χ0) is 20.8. The first-order valence-electron chi connectivity index (χ1n) is 11.6. The largest absolute Gasteiger partial charge is 0.356 e. The van der Waals surface area contributed by atoms with Gasteiger partial charge >= 0.3 is 0 Å². The lowest BCUT2D eigenvalue weighted by molar-refractivity contribution is -0.134. The number of pyridine rings is 1. The Morgan fingerprint density at radius 1 is 1.06 bits per heavy atom. The van der Waals surface area contributed by atoms with Crippen molar-refractivity contribution in [1.82, 2.24) is 29.6 Å². The first-order valence-corrected chi connectivity index (χ1v) is 11.6. The van der Waals surface area contributed by atoms with Gasteiger partial charge in [0.25, 0.3) is 0 Å². The number of H-pyrrole nitrogens is 1. The van der Waals surface area contributed by atoms with Gasteiger partial charge in [-0.05, 0) is 63.1 Å². The van der Waals surface area contributed by atoms with Gasteiger partial charge in [-0.2, -0.15) is 5.10 Å². The summed E-state index contributed by atoms with van der Waals surface area (Å²) < 4.78 is 2.04. The zero-order valence-corrected chi connectivity index (χ0v) is 17.8. The molecule has 1 saturated carbocycles. The molecule has 1 unspecified atom stereocenters. The van der Waals surface area contributed by atoms with Gasteiger partial charge in [-0.1, -0.05) is 0 Å². The second-order valence-corrected chi connectivity index (χ2v) is 9.28. The van der Waals surface area contributed by atoms with Gasteiger partial charge in [0.1, 0.15) is 17.2 Å². The molecule has 3 aromatic rings. The molecule has 1 atom stereocenters. The van der Waals surface area contributed by atoms with Gasteiger partial charge in [0.05, 0.1) is 11.4 Å². The Morgan fingerprint density at radius 3 is 2.68 bits per heavy atom. The van der Waals surface area contributed by atoms with Crippen LogP contribution < -0.4 is 4.90 Å². The molecule has 2 aliphatic heterocycles. The van der Waals surface area contributed by atoms with Crippen molar-refractivity contribution in [3.63, 3.8) is 0 Å². The first-order chi connectivity index (χ1) is 15.2. The van der Waals surface area contributed by atoms with E-state index in [0.717, 1.165) is 87.5 Å². The number of aromatic nitrogens is 5. The van der Waals surface area contributed by atoms with Gasteiger partial charge in [-0.25, -0.2) is 9.97 Å². The van der Waals surface area contributed by atoms with E-state index < -0.39 is 0 Å². The van der Waals surface area contributed by atoms with Crippen molar-refractivity contribution in [1.29, 1.82) is 0 Å². The second-order valence-electron chi connectivity index (χ2n) is 9.28. The molecule has 0 spiro atoms. The number of amides is 1. The molecule has 2 saturated heterocycles. The van der Waals surface area contributed by atoms with E-state index >= 15 is 0 Å². The average molecular weight is 420 g/mol. The van der Waals surface area contributed by atoms with Crippen LogP contribution in [0.1, 0.15) is 50.8 Å². The van der Waals surface area contributed by atoms with Gasteiger partial charge in [0.15, 0.2) is 5.65 Å². The lowest BCUT2D eigenvalue weighted by Crippen LogP contribution is -2.44. The van der Waals surface area contributed by atoms with Crippen LogP contribution in [0.3, 0.4) is 0 Å². The van der Waals surface area contributed by atoms with Crippen LogP contribution in [0, 0.1) is 5.92 Å². The fraction of sp³-hybridized carbons (Fsp3) is 0.565. The summed E-state index contributed by atoms with van der Waals surface area (Å²) >= 11 is 0. The SMILES string of the molecule is O=C(C1CCCN(c2ccc3[nH]c(C4(n5cccn5)CCC4)nc3n2)C1)N1CCCC1. The van der Waals surface area contributed by atoms with Gasteiger partial charge in [-0.3, -0.25) is 9.48 Å². The van der Waals surface area contributed by atoms with Crippen molar-refractivity contribution < 1.29 is 4.79 Å². The van der Waals surface area contributed by atoms with E-state index in [0.29, 0.717) is 5.91 Å². The highest BCUT2D eigenvalue weighted by Gasteiger charge is 2.44. The van der Waals surface area contributed by atoms with Crippen molar-refractivity contribution in [3.8, 4) is 0 Å². The van der Waals surface area contributed by atoms with Gasteiger partial charge < -0.3 is 14.8 Å². The molecule has 3 aliphatic rings. The number of aromatic amines is 1. The van der Waals surface area contributed by atoms with Crippen molar-refractivity contribution in [2.24, 2.45) is 5.92 Å². The standard InChI is InChI=1S/C23H29N7O/c31-21(28-12-1-2-13-28)17-6-3-14-29(16-17)19-8-7-18-20(26-19)27-22(25-18)23(9-4-10-23)30-15-5-11-24-30/h5,7-8,11,15,17H,1-4,6,9-10,12-14,16H2,(H,25,26,27). The molecule has 1 N–H and O–H groups in total. The van der Waals surface area contributed by atoms with Crippen molar-refractivity contribution in [2.45, 2.75) is 50.5 Å². The maximum absolute atomic E-state index is 12.9. The predicted octanol–water partition coefficient (Wildman–Crippen LogP) is 2.92. The highest BCUT2D eigenvalue weighted by molar-refractivity contribution is 5.80. The van der Waals surface area contributed by atoms with Crippen LogP contribution in [-0.2, 0) is 10.3 Å². The number of carbonyl (C=O) groups excluding carboxylic acids is 1. The van der Waals surface area contributed by atoms with Gasteiger partial charge in [-0.15, -0.1) is 0 Å². The van der Waals surface area contributed by atoms with Crippen LogP contribution in [-0.4, -0.2) is 61.7 Å². The molecule has 8 nitrogen and oxygen atoms in total. The second kappa shape index (κ2) is 7.35. The number of piperidine rings is 1. The molecule has 31 heavy (non-hydrogen) atoms. The van der Waals surface area contributed by atoms with E-state index in [1.165, 1.54) is 6.42 Å². The van der Waals surface area contributed by atoms with Crippen molar-refractivity contribution in [3.05, 3.63) is 36.4 Å². The maximum Gasteiger partial charge on any atom is 0.227 e. The van der Waals surface area contributed by atoms with E-state index in [2.05, 4.69) is 32.0 Å². The average Bonchev–Trinajstić information content (AvgIpc) is 3.54. The monoisotopic (exact) mass is 419 g/mol. The molecule has 1 aliphatic carbocycles. The van der Waals surface area contributed by atoms with Crippen LogP contribution >= 0.6 is 0 Å². The van der Waals surface area contributed by atoms with E-state index in [4.69, 9.17) is 9.97 Å². The number of hydrogen-bond donors (Lipinski definition) is 1. The molecular weight excluding hydrogens is 390 g/mol. The molecule has 3 fully saturated rings. The first kappa shape index (κ1) is 18.8. The Labute approximate surface area is 181 Å². The number of imidazole rings is 1. The van der Waals surface area contributed by atoms with Crippen LogP contribution in [0.5, 0.6) is 0 Å². The van der Waals surface area contributed by atoms with Gasteiger partial charge in [0.2, 0.25) is 5.91 Å². The minimum absolute atomic E-state index is 0.0807. The Bertz CT molecular complexity index is 1080. The number of nitrogens with zero attached hydrogens (tertiary/aromatic N) is 6. The highest BCUT2D eigenvalue weighted by Crippen LogP contribution is 2.43. The number of likely N-dealkylation sites (tertiary alicyclic amines) is 1. The molecule has 8 heteroatoms. The number of rotatable bonds is 4. The Kier molecular flexibility index (Phi) is 4.47. The molecule has 5 heterocycles. The number of carbonyl (C=O) groups is 1. The lowest BCUT2D eigenvalue weighted by Gasteiger charge is -2.40. The quantitative estimate of drug-likeness (QED) is 0.703. The topological polar surface area (TPSA) is 82.9 Å². The van der Waals surface area contributed by atoms with Crippen LogP contribution in [0.4, 0.5) is 5.82 Å². The highest BCUT2D eigenvalue weighted by atomic mass is 16.2. The van der Waals surface area contributed by atoms with Crippen LogP contribution in [0.15, 0.2) is 30.6 Å². The summed E-state index contributed by atoms with van der Waals surface area (Å²) in [5, 5.41) is 4.50.